The number of allylic oxidation sites excluding steroid dienone is 1. The molecule has 0 aliphatic heterocycles. The lowest BCUT2D eigenvalue weighted by molar-refractivity contribution is -0.448. The van der Waals surface area contributed by atoms with Crippen molar-refractivity contribution < 1.29 is 44.6 Å². The Bertz CT molecular complexity index is 588. The van der Waals surface area contributed by atoms with E-state index in [4.69, 9.17) is 4.74 Å². The minimum absolute atomic E-state index is 0.0615. The highest BCUT2D eigenvalue weighted by Gasteiger charge is 2.85. The number of hydrogen-bond donors (Lipinski definition) is 0. The van der Waals surface area contributed by atoms with Gasteiger partial charge in [-0.2, -0.15) is 35.1 Å². The molecule has 5 atom stereocenters. The van der Waals surface area contributed by atoms with E-state index in [9.17, 15) is 35.1 Å². The third-order valence-electron chi connectivity index (χ3n) is 6.29. The molecular weight excluding hydrogens is 412 g/mol. The quantitative estimate of drug-likeness (QED) is 0.174. The van der Waals surface area contributed by atoms with Crippen LogP contribution < -0.4 is 0 Å². The van der Waals surface area contributed by atoms with Gasteiger partial charge in [0.1, 0.15) is 0 Å². The third-order valence-corrected chi connectivity index (χ3v) is 6.29. The molecule has 2 bridgehead atoms. The van der Waals surface area contributed by atoms with E-state index < -0.39 is 47.9 Å². The van der Waals surface area contributed by atoms with Gasteiger partial charge in [0.25, 0.3) is 0 Å². The fourth-order valence-electron chi connectivity index (χ4n) is 4.92. The Kier molecular flexibility index (Phi) is 6.71. The van der Waals surface area contributed by atoms with Gasteiger partial charge in [-0.15, -0.1) is 6.58 Å². The average Bonchev–Trinajstić information content (AvgIpc) is 3.16. The first-order valence-corrected chi connectivity index (χ1v) is 9.62. The molecule has 170 valence electrons. The number of hydrogen-bond acceptors (Lipinski definition) is 2. The molecule has 10 heteroatoms. The molecule has 2 aliphatic rings. The van der Waals surface area contributed by atoms with Crippen LogP contribution in [0, 0.1) is 17.3 Å². The van der Waals surface area contributed by atoms with Crippen molar-refractivity contribution in [3.05, 3.63) is 12.7 Å². The van der Waals surface area contributed by atoms with Gasteiger partial charge in [0, 0.05) is 12.5 Å². The van der Waals surface area contributed by atoms with Crippen molar-refractivity contribution in [3.8, 4) is 0 Å². The molecule has 0 heterocycles. The van der Waals surface area contributed by atoms with Crippen molar-refractivity contribution in [1.82, 2.24) is 0 Å². The minimum atomic E-state index is -6.46. The molecule has 2 nitrogen and oxygen atoms in total. The van der Waals surface area contributed by atoms with E-state index in [1.54, 1.807) is 6.92 Å². The highest BCUT2D eigenvalue weighted by Crippen LogP contribution is 2.68. The third kappa shape index (κ3) is 3.91. The first kappa shape index (κ1) is 24.4. The van der Waals surface area contributed by atoms with Crippen molar-refractivity contribution in [2.45, 2.75) is 82.5 Å². The normalized spacial score (nSPS) is 31.0. The lowest BCUT2D eigenvalue weighted by atomic mass is 9.64. The summed E-state index contributed by atoms with van der Waals surface area (Å²) in [7, 11) is 0. The van der Waals surface area contributed by atoms with Crippen molar-refractivity contribution >= 4 is 0 Å². The lowest BCUT2D eigenvalue weighted by Crippen LogP contribution is -2.72. The first-order valence-electron chi connectivity index (χ1n) is 9.62. The van der Waals surface area contributed by atoms with Gasteiger partial charge in [-0.1, -0.05) is 19.4 Å². The summed E-state index contributed by atoms with van der Waals surface area (Å²) in [6, 6.07) is 0. The second-order valence-electron chi connectivity index (χ2n) is 8.05. The molecule has 0 radical (unpaired) electrons. The molecule has 0 aromatic heterocycles. The van der Waals surface area contributed by atoms with Crippen LogP contribution in [0.1, 0.15) is 52.4 Å². The Balaban J connectivity index is 2.60. The van der Waals surface area contributed by atoms with E-state index >= 15 is 0 Å². The highest BCUT2D eigenvalue weighted by atomic mass is 19.4. The first-order chi connectivity index (χ1) is 13.2. The summed E-state index contributed by atoms with van der Waals surface area (Å²) >= 11 is 0. The summed E-state index contributed by atoms with van der Waals surface area (Å²) in [5.41, 5.74) is -6.27. The Labute approximate surface area is 164 Å². The van der Waals surface area contributed by atoms with Crippen LogP contribution in [0.4, 0.5) is 35.1 Å². The Morgan fingerprint density at radius 2 is 1.72 bits per heavy atom. The monoisotopic (exact) mass is 438 g/mol. The number of fused-ring (bicyclic) bond motifs is 2. The maximum Gasteiger partial charge on any atom is 0.456 e. The predicted octanol–water partition coefficient (Wildman–Crippen LogP) is 6.66. The summed E-state index contributed by atoms with van der Waals surface area (Å²) < 4.78 is 122. The SMILES string of the molecule is C=CC12CCC(CC1C(OC(C)OCCCC)(C(F)(F)F)C(F)(F)C(F)(F)F)C2. The number of ether oxygens (including phenoxy) is 2. The zero-order valence-electron chi connectivity index (χ0n) is 16.3. The van der Waals surface area contributed by atoms with E-state index in [-0.39, 0.29) is 25.4 Å². The van der Waals surface area contributed by atoms with E-state index in [0.717, 1.165) is 13.0 Å². The summed E-state index contributed by atoms with van der Waals surface area (Å²) in [5.74, 6) is -8.69. The fourth-order valence-corrected chi connectivity index (χ4v) is 4.92. The summed E-state index contributed by atoms with van der Waals surface area (Å²) in [6.45, 7) is 6.01. The summed E-state index contributed by atoms with van der Waals surface area (Å²) in [5, 5.41) is 0. The number of alkyl halides is 8. The van der Waals surface area contributed by atoms with Gasteiger partial charge in [0.2, 0.25) is 5.60 Å². The van der Waals surface area contributed by atoms with Gasteiger partial charge in [-0.25, -0.2) is 0 Å². The van der Waals surface area contributed by atoms with Gasteiger partial charge in [0.15, 0.2) is 6.29 Å². The summed E-state index contributed by atoms with van der Waals surface area (Å²) in [4.78, 5) is 0. The van der Waals surface area contributed by atoms with Gasteiger partial charge in [-0.05, 0) is 50.4 Å². The molecule has 2 rings (SSSR count). The molecule has 0 aromatic rings. The molecule has 2 aliphatic carbocycles. The number of halogens is 8. The molecule has 2 fully saturated rings. The zero-order valence-corrected chi connectivity index (χ0v) is 16.3. The van der Waals surface area contributed by atoms with E-state index in [1.165, 1.54) is 0 Å². The number of unbranched alkanes of at least 4 members (excludes halogenated alkanes) is 1. The zero-order chi connectivity index (χ0) is 22.3. The van der Waals surface area contributed by atoms with Crippen molar-refractivity contribution in [3.63, 3.8) is 0 Å². The van der Waals surface area contributed by atoms with Gasteiger partial charge >= 0.3 is 18.3 Å². The van der Waals surface area contributed by atoms with Gasteiger partial charge in [-0.3, -0.25) is 0 Å². The van der Waals surface area contributed by atoms with Crippen LogP contribution in [0.5, 0.6) is 0 Å². The average molecular weight is 438 g/mol. The Morgan fingerprint density at radius 1 is 1.10 bits per heavy atom. The van der Waals surface area contributed by atoms with Crippen molar-refractivity contribution in [1.29, 1.82) is 0 Å². The van der Waals surface area contributed by atoms with E-state index in [1.807, 2.05) is 0 Å². The molecule has 2 saturated carbocycles. The number of rotatable bonds is 9. The van der Waals surface area contributed by atoms with Crippen LogP contribution in [-0.4, -0.2) is 36.8 Å². The predicted molar refractivity (Wildman–Crippen MR) is 89.3 cm³/mol. The topological polar surface area (TPSA) is 18.5 Å². The minimum Gasteiger partial charge on any atom is -0.353 e. The van der Waals surface area contributed by atoms with Crippen LogP contribution in [-0.2, 0) is 9.47 Å². The maximum atomic E-state index is 14.7. The van der Waals surface area contributed by atoms with Crippen LogP contribution >= 0.6 is 0 Å². The highest BCUT2D eigenvalue weighted by molar-refractivity contribution is 5.21. The van der Waals surface area contributed by atoms with E-state index in [2.05, 4.69) is 11.3 Å². The Morgan fingerprint density at radius 3 is 2.17 bits per heavy atom. The van der Waals surface area contributed by atoms with E-state index in [0.29, 0.717) is 19.3 Å². The van der Waals surface area contributed by atoms with Crippen molar-refractivity contribution in [2.24, 2.45) is 17.3 Å². The fraction of sp³-hybridized carbons (Fsp3) is 0.895. The summed E-state index contributed by atoms with van der Waals surface area (Å²) in [6.07, 6.45) is -12.1. The second-order valence-corrected chi connectivity index (χ2v) is 8.05. The van der Waals surface area contributed by atoms with Crippen LogP contribution in [0.25, 0.3) is 0 Å². The largest absolute Gasteiger partial charge is 0.456 e. The standard InChI is InChI=1S/C19H26F8O2/c1-4-6-9-28-12(3)29-16(18(22,23)24,17(20,21)19(25,26)27)14-10-13-7-8-15(14,5-2)11-13/h5,12-14H,2,4,6-11H2,1,3H3. The molecule has 0 amide bonds. The molecule has 5 unspecified atom stereocenters. The molecule has 29 heavy (non-hydrogen) atoms. The van der Waals surface area contributed by atoms with Crippen molar-refractivity contribution in [2.75, 3.05) is 6.61 Å². The van der Waals surface area contributed by atoms with Gasteiger partial charge < -0.3 is 9.47 Å². The lowest BCUT2D eigenvalue weighted by Gasteiger charge is -2.51. The smallest absolute Gasteiger partial charge is 0.353 e. The molecule has 0 spiro atoms. The Hall–Kier alpha value is -0.900. The van der Waals surface area contributed by atoms with Crippen LogP contribution in [0.15, 0.2) is 12.7 Å². The molecule has 0 N–H and O–H groups in total. The molecule has 0 saturated heterocycles. The molecular formula is C19H26F8O2. The van der Waals surface area contributed by atoms with Crippen LogP contribution in [0.2, 0.25) is 0 Å². The van der Waals surface area contributed by atoms with Crippen LogP contribution in [0.3, 0.4) is 0 Å². The maximum absolute atomic E-state index is 14.7. The second kappa shape index (κ2) is 7.98. The van der Waals surface area contributed by atoms with Gasteiger partial charge in [0.05, 0.1) is 0 Å². The molecule has 0 aromatic carbocycles.